The van der Waals surface area contributed by atoms with Gasteiger partial charge in [-0.3, -0.25) is 4.79 Å². The highest BCUT2D eigenvalue weighted by Crippen LogP contribution is 2.45. The highest BCUT2D eigenvalue weighted by Gasteiger charge is 2.32. The molecule has 6 heteroatoms. The molecule has 1 aliphatic rings. The highest BCUT2D eigenvalue weighted by molar-refractivity contribution is 5.55. The summed E-state index contributed by atoms with van der Waals surface area (Å²) in [6, 6.07) is 9.70. The summed E-state index contributed by atoms with van der Waals surface area (Å²) >= 11 is 0. The van der Waals surface area contributed by atoms with Crippen LogP contribution >= 0.6 is 0 Å². The fourth-order valence-electron chi connectivity index (χ4n) is 3.86. The topological polar surface area (TPSA) is 66.0 Å². The minimum absolute atomic E-state index is 0.112. The van der Waals surface area contributed by atoms with Crippen LogP contribution in [0.4, 0.5) is 0 Å². The Morgan fingerprint density at radius 1 is 0.889 bits per heavy atom. The molecule has 1 aliphatic carbocycles. The number of rotatable bonds is 7. The fourth-order valence-corrected chi connectivity index (χ4v) is 3.86. The SMILES string of the molecule is COc1ccc([C@@H]2CCc3cc(OC)c(OC)cc3[C@@H]2NC=O)cc1OC. The molecule has 0 radical (unpaired) electrons. The van der Waals surface area contributed by atoms with Gasteiger partial charge >= 0.3 is 0 Å². The number of carbonyl (C=O) groups excluding carboxylic acids is 1. The van der Waals surface area contributed by atoms with E-state index in [1.54, 1.807) is 28.4 Å². The van der Waals surface area contributed by atoms with E-state index in [0.717, 1.165) is 35.9 Å². The van der Waals surface area contributed by atoms with Gasteiger partial charge in [0.25, 0.3) is 0 Å². The quantitative estimate of drug-likeness (QED) is 0.757. The molecule has 27 heavy (non-hydrogen) atoms. The van der Waals surface area contributed by atoms with Crippen LogP contribution in [0.5, 0.6) is 23.0 Å². The third-order valence-corrected chi connectivity index (χ3v) is 5.19. The Balaban J connectivity index is 2.05. The Kier molecular flexibility index (Phi) is 5.74. The van der Waals surface area contributed by atoms with Crippen LogP contribution in [0.15, 0.2) is 30.3 Å². The van der Waals surface area contributed by atoms with Gasteiger partial charge in [-0.15, -0.1) is 0 Å². The van der Waals surface area contributed by atoms with Crippen molar-refractivity contribution >= 4 is 6.41 Å². The Morgan fingerprint density at radius 3 is 2.15 bits per heavy atom. The lowest BCUT2D eigenvalue weighted by molar-refractivity contribution is -0.110. The molecule has 0 fully saturated rings. The van der Waals surface area contributed by atoms with E-state index in [-0.39, 0.29) is 12.0 Å². The third kappa shape index (κ3) is 3.52. The number of benzene rings is 2. The predicted molar refractivity (Wildman–Crippen MR) is 102 cm³/mol. The molecule has 0 unspecified atom stereocenters. The minimum atomic E-state index is -0.163. The van der Waals surface area contributed by atoms with E-state index in [9.17, 15) is 4.79 Å². The van der Waals surface area contributed by atoms with E-state index in [2.05, 4.69) is 5.32 Å². The normalized spacial score (nSPS) is 18.2. The number of hydrogen-bond donors (Lipinski definition) is 1. The Hall–Kier alpha value is -2.89. The van der Waals surface area contributed by atoms with Crippen molar-refractivity contribution in [2.75, 3.05) is 28.4 Å². The summed E-state index contributed by atoms with van der Waals surface area (Å²) in [5.41, 5.74) is 3.29. The van der Waals surface area contributed by atoms with Gasteiger partial charge in [-0.05, 0) is 53.8 Å². The van der Waals surface area contributed by atoms with Crippen molar-refractivity contribution in [2.24, 2.45) is 0 Å². The van der Waals surface area contributed by atoms with Crippen LogP contribution in [0.3, 0.4) is 0 Å². The molecule has 2 atom stereocenters. The summed E-state index contributed by atoms with van der Waals surface area (Å²) in [7, 11) is 6.47. The van der Waals surface area contributed by atoms with Crippen molar-refractivity contribution in [2.45, 2.75) is 24.8 Å². The maximum atomic E-state index is 11.3. The molecule has 6 nitrogen and oxygen atoms in total. The van der Waals surface area contributed by atoms with Crippen LogP contribution in [0, 0.1) is 0 Å². The van der Waals surface area contributed by atoms with Gasteiger partial charge in [0.15, 0.2) is 23.0 Å². The first-order valence-electron chi connectivity index (χ1n) is 8.83. The number of fused-ring (bicyclic) bond motifs is 1. The molecule has 1 amide bonds. The van der Waals surface area contributed by atoms with Gasteiger partial charge in [0, 0.05) is 5.92 Å². The zero-order valence-electron chi connectivity index (χ0n) is 16.1. The molecule has 0 bridgehead atoms. The maximum absolute atomic E-state index is 11.3. The second-order valence-electron chi connectivity index (χ2n) is 6.43. The first kappa shape index (κ1) is 18.9. The number of hydrogen-bond acceptors (Lipinski definition) is 5. The number of nitrogens with one attached hydrogen (secondary N) is 1. The van der Waals surface area contributed by atoms with Gasteiger partial charge in [-0.25, -0.2) is 0 Å². The predicted octanol–water partition coefficient (Wildman–Crippen LogP) is 3.24. The largest absolute Gasteiger partial charge is 0.493 e. The Bertz CT molecular complexity index is 820. The third-order valence-electron chi connectivity index (χ3n) is 5.19. The molecule has 0 aromatic heterocycles. The van der Waals surface area contributed by atoms with Crippen molar-refractivity contribution < 1.29 is 23.7 Å². The van der Waals surface area contributed by atoms with Gasteiger partial charge < -0.3 is 24.3 Å². The maximum Gasteiger partial charge on any atom is 0.207 e. The average Bonchev–Trinajstić information content (AvgIpc) is 2.72. The van der Waals surface area contributed by atoms with E-state index in [1.807, 2.05) is 30.3 Å². The van der Waals surface area contributed by atoms with E-state index in [4.69, 9.17) is 18.9 Å². The molecular formula is C21H25NO5. The number of carbonyl (C=O) groups is 1. The van der Waals surface area contributed by atoms with E-state index < -0.39 is 0 Å². The molecule has 0 spiro atoms. The second kappa shape index (κ2) is 8.20. The molecular weight excluding hydrogens is 346 g/mol. The van der Waals surface area contributed by atoms with Crippen LogP contribution in [-0.4, -0.2) is 34.8 Å². The van der Waals surface area contributed by atoms with Gasteiger partial charge in [-0.2, -0.15) is 0 Å². The lowest BCUT2D eigenvalue weighted by atomic mass is 9.76. The first-order valence-corrected chi connectivity index (χ1v) is 8.83. The zero-order chi connectivity index (χ0) is 19.4. The summed E-state index contributed by atoms with van der Waals surface area (Å²) in [5.74, 6) is 2.83. The first-order chi connectivity index (χ1) is 13.2. The van der Waals surface area contributed by atoms with Crippen LogP contribution in [-0.2, 0) is 11.2 Å². The molecule has 0 saturated carbocycles. The van der Waals surface area contributed by atoms with Crippen molar-refractivity contribution in [3.8, 4) is 23.0 Å². The van der Waals surface area contributed by atoms with Crippen LogP contribution in [0.2, 0.25) is 0 Å². The average molecular weight is 371 g/mol. The summed E-state index contributed by atoms with van der Waals surface area (Å²) in [5, 5.41) is 3.00. The standard InChI is InChI=1S/C21H25NO5/c1-24-17-8-6-13(9-18(17)25-2)15-7-5-14-10-19(26-3)20(27-4)11-16(14)21(15)22-12-23/h6,8-12,15,21H,5,7H2,1-4H3,(H,22,23)/t15-,21+/m0/s1. The summed E-state index contributed by atoms with van der Waals surface area (Å²) in [6.07, 6.45) is 2.53. The van der Waals surface area contributed by atoms with Gasteiger partial charge in [0.2, 0.25) is 6.41 Å². The Labute approximate surface area is 159 Å². The molecule has 1 N–H and O–H groups in total. The van der Waals surface area contributed by atoms with Crippen molar-refractivity contribution in [3.05, 3.63) is 47.0 Å². The number of methoxy groups -OCH3 is 4. The molecule has 0 aliphatic heterocycles. The Morgan fingerprint density at radius 2 is 1.52 bits per heavy atom. The number of aryl methyl sites for hydroxylation is 1. The fraction of sp³-hybridized carbons (Fsp3) is 0.381. The smallest absolute Gasteiger partial charge is 0.207 e. The second-order valence-corrected chi connectivity index (χ2v) is 6.43. The summed E-state index contributed by atoms with van der Waals surface area (Å²) in [6.45, 7) is 0. The van der Waals surface area contributed by atoms with Crippen molar-refractivity contribution in [1.29, 1.82) is 0 Å². The number of ether oxygens (including phenoxy) is 4. The lowest BCUT2D eigenvalue weighted by Gasteiger charge is -2.34. The van der Waals surface area contributed by atoms with Gasteiger partial charge in [0.1, 0.15) is 0 Å². The minimum Gasteiger partial charge on any atom is -0.493 e. The molecule has 0 saturated heterocycles. The molecule has 3 rings (SSSR count). The molecule has 144 valence electrons. The summed E-state index contributed by atoms with van der Waals surface area (Å²) < 4.78 is 21.7. The van der Waals surface area contributed by atoms with Crippen LogP contribution < -0.4 is 24.3 Å². The van der Waals surface area contributed by atoms with Crippen LogP contribution in [0.1, 0.15) is 35.1 Å². The van der Waals surface area contributed by atoms with Gasteiger partial charge in [-0.1, -0.05) is 6.07 Å². The molecule has 0 heterocycles. The van der Waals surface area contributed by atoms with Crippen molar-refractivity contribution in [3.63, 3.8) is 0 Å². The van der Waals surface area contributed by atoms with E-state index >= 15 is 0 Å². The van der Waals surface area contributed by atoms with Gasteiger partial charge in [0.05, 0.1) is 34.5 Å². The zero-order valence-corrected chi connectivity index (χ0v) is 16.1. The number of amides is 1. The molecule has 2 aromatic carbocycles. The van der Waals surface area contributed by atoms with Crippen molar-refractivity contribution in [1.82, 2.24) is 5.32 Å². The monoisotopic (exact) mass is 371 g/mol. The van der Waals surface area contributed by atoms with E-state index in [1.165, 1.54) is 0 Å². The highest BCUT2D eigenvalue weighted by atomic mass is 16.5. The van der Waals surface area contributed by atoms with Crippen LogP contribution in [0.25, 0.3) is 0 Å². The summed E-state index contributed by atoms with van der Waals surface area (Å²) in [4.78, 5) is 11.3. The molecule has 2 aromatic rings. The lowest BCUT2D eigenvalue weighted by Crippen LogP contribution is -2.30. The van der Waals surface area contributed by atoms with E-state index in [0.29, 0.717) is 23.0 Å².